The molecule has 4 rings (SSSR count). The number of imide groups is 1. The van der Waals surface area contributed by atoms with Crippen molar-refractivity contribution in [1.82, 2.24) is 20.5 Å². The summed E-state index contributed by atoms with van der Waals surface area (Å²) in [5.41, 5.74) is 1.41. The average Bonchev–Trinajstić information content (AvgIpc) is 3.44. The lowest BCUT2D eigenvalue weighted by Crippen LogP contribution is -2.31. The molecule has 9 nitrogen and oxygen atoms in total. The summed E-state index contributed by atoms with van der Waals surface area (Å²) in [4.78, 5) is 42.5. The standard InChI is InChI=1S/C18H14Cl2N6O3S/c19-10-2-1-9(7-11(10)20)26-17(28)12(24-18(26)29)3-4-14(27)23-13-8-22-25-15(13)16-21-5-6-30-16/h1-2,5-8,12H,3-4H2,(H,22,25)(H,23,27)(H,24,29). The third-order valence-corrected chi connectivity index (χ3v) is 5.93. The van der Waals surface area contributed by atoms with Crippen molar-refractivity contribution in [2.24, 2.45) is 0 Å². The number of amides is 4. The third kappa shape index (κ3) is 4.02. The maximum atomic E-state index is 12.7. The molecule has 3 heterocycles. The first-order valence-corrected chi connectivity index (χ1v) is 10.4. The summed E-state index contributed by atoms with van der Waals surface area (Å²) in [7, 11) is 0. The summed E-state index contributed by atoms with van der Waals surface area (Å²) in [6.07, 6.45) is 3.30. The zero-order valence-electron chi connectivity index (χ0n) is 15.2. The molecule has 0 saturated carbocycles. The molecule has 1 aliphatic rings. The van der Waals surface area contributed by atoms with Crippen LogP contribution < -0.4 is 15.5 Å². The zero-order chi connectivity index (χ0) is 21.3. The minimum atomic E-state index is -0.819. The van der Waals surface area contributed by atoms with Gasteiger partial charge in [0.25, 0.3) is 5.91 Å². The molecule has 12 heteroatoms. The molecule has 30 heavy (non-hydrogen) atoms. The van der Waals surface area contributed by atoms with Crippen molar-refractivity contribution in [3.8, 4) is 10.7 Å². The summed E-state index contributed by atoms with van der Waals surface area (Å²) in [5, 5.41) is 15.1. The van der Waals surface area contributed by atoms with Crippen LogP contribution in [0.25, 0.3) is 10.7 Å². The number of hydrogen-bond donors (Lipinski definition) is 3. The highest BCUT2D eigenvalue weighted by Crippen LogP contribution is 2.30. The summed E-state index contributed by atoms with van der Waals surface area (Å²) >= 11 is 13.3. The fourth-order valence-corrected chi connectivity index (χ4v) is 3.91. The number of carbonyl (C=O) groups excluding carboxylic acids is 3. The molecular weight excluding hydrogens is 451 g/mol. The Morgan fingerprint density at radius 3 is 2.83 bits per heavy atom. The molecule has 1 fully saturated rings. The second-order valence-corrected chi connectivity index (χ2v) is 8.07. The van der Waals surface area contributed by atoms with E-state index in [0.717, 1.165) is 4.90 Å². The monoisotopic (exact) mass is 464 g/mol. The molecule has 1 aromatic carbocycles. The number of rotatable bonds is 6. The van der Waals surface area contributed by atoms with Crippen LogP contribution in [0, 0.1) is 0 Å². The molecule has 0 radical (unpaired) electrons. The Morgan fingerprint density at radius 2 is 2.10 bits per heavy atom. The van der Waals surface area contributed by atoms with E-state index in [9.17, 15) is 14.4 Å². The van der Waals surface area contributed by atoms with Gasteiger partial charge in [-0.05, 0) is 24.6 Å². The minimum Gasteiger partial charge on any atom is -0.325 e. The number of halogens is 2. The highest BCUT2D eigenvalue weighted by Gasteiger charge is 2.39. The van der Waals surface area contributed by atoms with Crippen molar-refractivity contribution >= 4 is 63.8 Å². The van der Waals surface area contributed by atoms with E-state index in [1.54, 1.807) is 6.20 Å². The van der Waals surface area contributed by atoms with Gasteiger partial charge in [-0.3, -0.25) is 14.7 Å². The van der Waals surface area contributed by atoms with Gasteiger partial charge < -0.3 is 10.6 Å². The highest BCUT2D eigenvalue weighted by molar-refractivity contribution is 7.13. The van der Waals surface area contributed by atoms with Crippen LogP contribution in [0.15, 0.2) is 36.0 Å². The van der Waals surface area contributed by atoms with Crippen LogP contribution in [0.2, 0.25) is 10.0 Å². The second kappa shape index (κ2) is 8.42. The summed E-state index contributed by atoms with van der Waals surface area (Å²) in [6, 6.07) is 3.08. The van der Waals surface area contributed by atoms with E-state index < -0.39 is 18.0 Å². The molecule has 0 spiro atoms. The van der Waals surface area contributed by atoms with Crippen molar-refractivity contribution in [1.29, 1.82) is 0 Å². The van der Waals surface area contributed by atoms with Crippen molar-refractivity contribution in [2.45, 2.75) is 18.9 Å². The maximum absolute atomic E-state index is 12.7. The summed E-state index contributed by atoms with van der Waals surface area (Å²) in [6.45, 7) is 0. The number of H-pyrrole nitrogens is 1. The van der Waals surface area contributed by atoms with Crippen LogP contribution >= 0.6 is 34.5 Å². The van der Waals surface area contributed by atoms with Gasteiger partial charge >= 0.3 is 6.03 Å². The van der Waals surface area contributed by atoms with Crippen molar-refractivity contribution in [3.63, 3.8) is 0 Å². The second-order valence-electron chi connectivity index (χ2n) is 6.36. The van der Waals surface area contributed by atoms with Crippen LogP contribution in [-0.4, -0.2) is 39.1 Å². The number of carbonyl (C=O) groups is 3. The fraction of sp³-hybridized carbons (Fsp3) is 0.167. The molecule has 2 aromatic heterocycles. The number of hydrogen-bond acceptors (Lipinski definition) is 6. The normalized spacial score (nSPS) is 16.1. The molecule has 0 bridgehead atoms. The number of thiazole rings is 1. The zero-order valence-corrected chi connectivity index (χ0v) is 17.5. The number of aromatic amines is 1. The number of nitrogens with zero attached hydrogens (tertiary/aromatic N) is 3. The predicted octanol–water partition coefficient (Wildman–Crippen LogP) is 3.68. The van der Waals surface area contributed by atoms with E-state index in [2.05, 4.69) is 25.8 Å². The number of anilines is 2. The maximum Gasteiger partial charge on any atom is 0.329 e. The molecule has 1 unspecified atom stereocenters. The average molecular weight is 465 g/mol. The highest BCUT2D eigenvalue weighted by atomic mass is 35.5. The summed E-state index contributed by atoms with van der Waals surface area (Å²) < 4.78 is 0. The number of nitrogens with one attached hydrogen (secondary N) is 3. The first-order chi connectivity index (χ1) is 14.4. The first-order valence-electron chi connectivity index (χ1n) is 8.76. The van der Waals surface area contributed by atoms with E-state index in [0.29, 0.717) is 27.1 Å². The Hall–Kier alpha value is -2.95. The van der Waals surface area contributed by atoms with Gasteiger partial charge in [0.1, 0.15) is 16.7 Å². The van der Waals surface area contributed by atoms with Crippen LogP contribution in [0.5, 0.6) is 0 Å². The molecule has 1 saturated heterocycles. The largest absolute Gasteiger partial charge is 0.329 e. The van der Waals surface area contributed by atoms with Crippen molar-refractivity contribution in [3.05, 3.63) is 46.0 Å². The Morgan fingerprint density at radius 1 is 1.27 bits per heavy atom. The lowest BCUT2D eigenvalue weighted by molar-refractivity contribution is -0.119. The van der Waals surface area contributed by atoms with Gasteiger partial charge in [0, 0.05) is 18.0 Å². The Balaban J connectivity index is 1.38. The van der Waals surface area contributed by atoms with E-state index in [1.165, 1.54) is 35.7 Å². The van der Waals surface area contributed by atoms with Gasteiger partial charge in [0.15, 0.2) is 0 Å². The van der Waals surface area contributed by atoms with E-state index in [4.69, 9.17) is 23.2 Å². The van der Waals surface area contributed by atoms with Crippen LogP contribution in [-0.2, 0) is 9.59 Å². The molecule has 3 N–H and O–H groups in total. The SMILES string of the molecule is O=C(CCC1NC(=O)N(c2ccc(Cl)c(Cl)c2)C1=O)Nc1cn[nH]c1-c1nccs1. The van der Waals surface area contributed by atoms with Crippen LogP contribution in [0.1, 0.15) is 12.8 Å². The molecular formula is C18H14Cl2N6O3S. The minimum absolute atomic E-state index is 0.0222. The van der Waals surface area contributed by atoms with E-state index in [-0.39, 0.29) is 23.8 Å². The third-order valence-electron chi connectivity index (χ3n) is 4.40. The molecule has 154 valence electrons. The topological polar surface area (TPSA) is 120 Å². The summed E-state index contributed by atoms with van der Waals surface area (Å²) in [5.74, 6) is -0.776. The van der Waals surface area contributed by atoms with E-state index >= 15 is 0 Å². The number of urea groups is 1. The van der Waals surface area contributed by atoms with Gasteiger partial charge in [0.2, 0.25) is 5.91 Å². The van der Waals surface area contributed by atoms with Crippen molar-refractivity contribution in [2.75, 3.05) is 10.2 Å². The number of aromatic nitrogens is 3. The van der Waals surface area contributed by atoms with E-state index in [1.807, 2.05) is 5.38 Å². The Kier molecular flexibility index (Phi) is 5.71. The molecule has 0 aliphatic carbocycles. The lowest BCUT2D eigenvalue weighted by atomic mass is 10.1. The Bertz CT molecular complexity index is 1120. The quantitative estimate of drug-likeness (QED) is 0.480. The predicted molar refractivity (Wildman–Crippen MR) is 114 cm³/mol. The fourth-order valence-electron chi connectivity index (χ4n) is 2.97. The van der Waals surface area contributed by atoms with Gasteiger partial charge in [0.05, 0.1) is 27.6 Å². The Labute approximate surface area is 184 Å². The van der Waals surface area contributed by atoms with Gasteiger partial charge in [-0.1, -0.05) is 23.2 Å². The lowest BCUT2D eigenvalue weighted by Gasteiger charge is -2.13. The van der Waals surface area contributed by atoms with Gasteiger partial charge in [-0.25, -0.2) is 14.7 Å². The van der Waals surface area contributed by atoms with Gasteiger partial charge in [-0.15, -0.1) is 11.3 Å². The van der Waals surface area contributed by atoms with Gasteiger partial charge in [-0.2, -0.15) is 5.10 Å². The molecule has 1 aliphatic heterocycles. The first kappa shape index (κ1) is 20.3. The van der Waals surface area contributed by atoms with Crippen molar-refractivity contribution < 1.29 is 14.4 Å². The van der Waals surface area contributed by atoms with Crippen LogP contribution in [0.4, 0.5) is 16.2 Å². The smallest absolute Gasteiger partial charge is 0.325 e. The molecule has 1 atom stereocenters. The molecule has 4 amide bonds. The number of benzene rings is 1. The molecule has 3 aromatic rings. The van der Waals surface area contributed by atoms with Crippen LogP contribution in [0.3, 0.4) is 0 Å².